The van der Waals surface area contributed by atoms with Crippen molar-refractivity contribution in [2.45, 2.75) is 64.7 Å². The van der Waals surface area contributed by atoms with Gasteiger partial charge in [-0.25, -0.2) is 19.2 Å². The molecule has 10 heteroatoms. The molecule has 10 nitrogen and oxygen atoms in total. The van der Waals surface area contributed by atoms with E-state index in [0.717, 1.165) is 18.9 Å². The Kier molecular flexibility index (Phi) is 16.3. The van der Waals surface area contributed by atoms with Crippen LogP contribution in [0.15, 0.2) is 79.4 Å². The number of esters is 4. The number of unbranched alkanes of at least 4 members (excludes halogenated alkanes) is 7. The molecule has 48 heavy (non-hydrogen) atoms. The van der Waals surface area contributed by atoms with Crippen LogP contribution in [-0.2, 0) is 14.3 Å². The Morgan fingerprint density at radius 2 is 1.10 bits per heavy atom. The largest absolute Gasteiger partial charge is 0.494 e. The Labute approximate surface area is 281 Å². The van der Waals surface area contributed by atoms with Gasteiger partial charge in [-0.1, -0.05) is 52.0 Å². The molecule has 0 aromatic heterocycles. The number of carbonyl (C=O) groups is 4. The van der Waals surface area contributed by atoms with Gasteiger partial charge in [0.1, 0.15) is 28.6 Å². The Bertz CT molecular complexity index is 1480. The molecule has 0 heterocycles. The number of hydrogen-bond donors (Lipinski definition) is 0. The highest BCUT2D eigenvalue weighted by Crippen LogP contribution is 2.27. The fourth-order valence-corrected chi connectivity index (χ4v) is 4.51. The first-order valence-electron chi connectivity index (χ1n) is 16.3. The number of carbonyl (C=O) groups excluding carboxylic acids is 4. The molecule has 0 spiro atoms. The first kappa shape index (κ1) is 37.3. The van der Waals surface area contributed by atoms with Crippen LogP contribution in [0, 0.1) is 0 Å². The van der Waals surface area contributed by atoms with E-state index >= 15 is 0 Å². The van der Waals surface area contributed by atoms with Crippen molar-refractivity contribution < 1.29 is 47.6 Å². The molecule has 3 aromatic rings. The van der Waals surface area contributed by atoms with E-state index in [-0.39, 0.29) is 29.2 Å². The molecule has 0 aliphatic rings. The van der Waals surface area contributed by atoms with Crippen LogP contribution in [0.5, 0.6) is 23.0 Å². The van der Waals surface area contributed by atoms with Gasteiger partial charge in [-0.2, -0.15) is 0 Å². The Balaban J connectivity index is 1.51. The van der Waals surface area contributed by atoms with E-state index < -0.39 is 23.9 Å². The van der Waals surface area contributed by atoms with Crippen molar-refractivity contribution in [2.24, 2.45) is 0 Å². The lowest BCUT2D eigenvalue weighted by Gasteiger charge is -2.12. The topological polar surface area (TPSA) is 124 Å². The average Bonchev–Trinajstić information content (AvgIpc) is 3.11. The third-order valence-corrected chi connectivity index (χ3v) is 7.18. The minimum atomic E-state index is -0.777. The van der Waals surface area contributed by atoms with Gasteiger partial charge in [0.25, 0.3) is 0 Å². The lowest BCUT2D eigenvalue weighted by atomic mass is 10.1. The molecule has 0 aliphatic heterocycles. The monoisotopic (exact) mass is 660 g/mol. The second-order valence-electron chi connectivity index (χ2n) is 10.9. The fraction of sp³-hybridized carbons (Fsp3) is 0.368. The SMILES string of the molecule is C=CC(=O)OCCCCOc1ccc(C(=O)Oc2ccc(OC(=O)c3ccc(OCCCCCCCCC)cc3)cc2C(=O)OC)cc1. The number of hydrogen-bond acceptors (Lipinski definition) is 10. The fourth-order valence-electron chi connectivity index (χ4n) is 4.51. The zero-order valence-corrected chi connectivity index (χ0v) is 27.7. The van der Waals surface area contributed by atoms with Crippen LogP contribution in [0.2, 0.25) is 0 Å². The summed E-state index contributed by atoms with van der Waals surface area (Å²) in [5.74, 6) is -1.37. The van der Waals surface area contributed by atoms with Gasteiger partial charge < -0.3 is 28.4 Å². The Hall–Kier alpha value is -5.12. The first-order chi connectivity index (χ1) is 23.3. The summed E-state index contributed by atoms with van der Waals surface area (Å²) >= 11 is 0. The van der Waals surface area contributed by atoms with Crippen LogP contribution in [0.25, 0.3) is 0 Å². The van der Waals surface area contributed by atoms with Crippen LogP contribution < -0.4 is 18.9 Å². The minimum absolute atomic E-state index is 0.0633. The highest BCUT2D eigenvalue weighted by molar-refractivity contribution is 5.97. The van der Waals surface area contributed by atoms with E-state index in [2.05, 4.69) is 13.5 Å². The van der Waals surface area contributed by atoms with Crippen molar-refractivity contribution in [1.29, 1.82) is 0 Å². The van der Waals surface area contributed by atoms with Crippen molar-refractivity contribution in [3.63, 3.8) is 0 Å². The molecule has 0 fully saturated rings. The van der Waals surface area contributed by atoms with Gasteiger partial charge >= 0.3 is 23.9 Å². The van der Waals surface area contributed by atoms with E-state index in [1.807, 2.05) is 0 Å². The quantitative estimate of drug-likeness (QED) is 0.0482. The molecule has 0 unspecified atom stereocenters. The molecule has 0 aliphatic carbocycles. The lowest BCUT2D eigenvalue weighted by molar-refractivity contribution is -0.137. The van der Waals surface area contributed by atoms with Gasteiger partial charge in [0.2, 0.25) is 0 Å². The van der Waals surface area contributed by atoms with Gasteiger partial charge in [0, 0.05) is 6.08 Å². The summed E-state index contributed by atoms with van der Waals surface area (Å²) in [7, 11) is 1.19. The van der Waals surface area contributed by atoms with Crippen LogP contribution in [0.4, 0.5) is 0 Å². The summed E-state index contributed by atoms with van der Waals surface area (Å²) in [5, 5.41) is 0. The lowest BCUT2D eigenvalue weighted by Crippen LogP contribution is -2.13. The smallest absolute Gasteiger partial charge is 0.343 e. The standard InChI is InChI=1S/C38H44O10/c1-4-6-7-8-9-10-11-24-44-30-18-14-28(15-19-30)36(40)47-32-22-23-34(33(27-32)38(42)43-3)48-37(41)29-16-20-31(21-17-29)45-25-12-13-26-46-35(39)5-2/h5,14-23,27H,2,4,6-13,24-26H2,1,3H3. The summed E-state index contributed by atoms with van der Waals surface area (Å²) in [6.07, 6.45) is 10.8. The van der Waals surface area contributed by atoms with Crippen LogP contribution in [0.1, 0.15) is 95.8 Å². The second kappa shape index (κ2) is 20.9. The van der Waals surface area contributed by atoms with Gasteiger partial charge in [-0.3, -0.25) is 0 Å². The first-order valence-corrected chi connectivity index (χ1v) is 16.3. The maximum absolute atomic E-state index is 12.9. The summed E-state index contributed by atoms with van der Waals surface area (Å²) in [6.45, 7) is 6.84. The van der Waals surface area contributed by atoms with E-state index in [0.29, 0.717) is 43.1 Å². The number of benzene rings is 3. The molecule has 3 rings (SSSR count). The molecule has 256 valence electrons. The molecule has 0 saturated carbocycles. The van der Waals surface area contributed by atoms with Gasteiger partial charge in [0.15, 0.2) is 0 Å². The highest BCUT2D eigenvalue weighted by atomic mass is 16.6. The molecular weight excluding hydrogens is 616 g/mol. The van der Waals surface area contributed by atoms with Crippen molar-refractivity contribution in [1.82, 2.24) is 0 Å². The van der Waals surface area contributed by atoms with Gasteiger partial charge in [-0.15, -0.1) is 0 Å². The Morgan fingerprint density at radius 1 is 0.604 bits per heavy atom. The van der Waals surface area contributed by atoms with Gasteiger partial charge in [-0.05, 0) is 86.0 Å². The zero-order valence-electron chi connectivity index (χ0n) is 27.7. The van der Waals surface area contributed by atoms with E-state index in [4.69, 9.17) is 28.4 Å². The number of rotatable bonds is 21. The summed E-state index contributed by atoms with van der Waals surface area (Å²) in [6, 6.07) is 17.0. The maximum atomic E-state index is 12.9. The van der Waals surface area contributed by atoms with E-state index in [1.165, 1.54) is 69.5 Å². The molecule has 0 bridgehead atoms. The van der Waals surface area contributed by atoms with E-state index in [9.17, 15) is 19.2 Å². The number of ether oxygens (including phenoxy) is 6. The van der Waals surface area contributed by atoms with Crippen molar-refractivity contribution in [2.75, 3.05) is 26.9 Å². The molecule has 0 atom stereocenters. The van der Waals surface area contributed by atoms with Crippen LogP contribution in [-0.4, -0.2) is 50.8 Å². The molecule has 0 saturated heterocycles. The van der Waals surface area contributed by atoms with Gasteiger partial charge in [0.05, 0.1) is 38.1 Å². The second-order valence-corrected chi connectivity index (χ2v) is 10.9. The summed E-state index contributed by atoms with van der Waals surface area (Å²) in [4.78, 5) is 49.3. The molecule has 0 radical (unpaired) electrons. The minimum Gasteiger partial charge on any atom is -0.494 e. The van der Waals surface area contributed by atoms with Crippen molar-refractivity contribution in [3.8, 4) is 23.0 Å². The molecule has 3 aromatic carbocycles. The Morgan fingerprint density at radius 3 is 1.67 bits per heavy atom. The summed E-state index contributed by atoms with van der Waals surface area (Å²) < 4.78 is 32.2. The highest BCUT2D eigenvalue weighted by Gasteiger charge is 2.20. The maximum Gasteiger partial charge on any atom is 0.343 e. The molecule has 0 amide bonds. The van der Waals surface area contributed by atoms with Crippen molar-refractivity contribution >= 4 is 23.9 Å². The number of methoxy groups -OCH3 is 1. The normalized spacial score (nSPS) is 10.5. The molecule has 0 N–H and O–H groups in total. The van der Waals surface area contributed by atoms with Crippen LogP contribution >= 0.6 is 0 Å². The van der Waals surface area contributed by atoms with E-state index in [1.54, 1.807) is 36.4 Å². The third-order valence-electron chi connectivity index (χ3n) is 7.18. The third kappa shape index (κ3) is 12.9. The summed E-state index contributed by atoms with van der Waals surface area (Å²) in [5.41, 5.74) is 0.429. The van der Waals surface area contributed by atoms with Crippen molar-refractivity contribution in [3.05, 3.63) is 96.1 Å². The predicted molar refractivity (Wildman–Crippen MR) is 180 cm³/mol. The zero-order chi connectivity index (χ0) is 34.6. The van der Waals surface area contributed by atoms with Crippen LogP contribution in [0.3, 0.4) is 0 Å². The molecular formula is C38H44O10. The predicted octanol–water partition coefficient (Wildman–Crippen LogP) is 7.93. The average molecular weight is 661 g/mol.